The summed E-state index contributed by atoms with van der Waals surface area (Å²) in [5.41, 5.74) is 1.78. The smallest absolute Gasteiger partial charge is 0.716 e. The summed E-state index contributed by atoms with van der Waals surface area (Å²) in [7, 11) is 0.777. The summed E-state index contributed by atoms with van der Waals surface area (Å²) in [6.45, 7) is 0. The Labute approximate surface area is 200 Å². The number of rotatable bonds is 8. The molecule has 13 heteroatoms. The Hall–Kier alpha value is -2.51. The van der Waals surface area contributed by atoms with Gasteiger partial charge in [0.2, 0.25) is 5.75 Å². The molecule has 0 saturated heterocycles. The van der Waals surface area contributed by atoms with E-state index in [0.717, 1.165) is 0 Å². The van der Waals surface area contributed by atoms with Crippen molar-refractivity contribution in [3.8, 4) is 51.3 Å². The normalized spacial score (nSPS) is 10.7. The van der Waals surface area contributed by atoms with Crippen molar-refractivity contribution in [3.05, 3.63) is 30.3 Å². The minimum atomic E-state index is -5.00. The Bertz CT molecular complexity index is 1140. The van der Waals surface area contributed by atoms with Crippen molar-refractivity contribution in [1.82, 2.24) is 15.4 Å². The van der Waals surface area contributed by atoms with Crippen molar-refractivity contribution in [2.45, 2.75) is 0 Å². The zero-order valence-corrected chi connectivity index (χ0v) is 20.3. The number of hydrogen-bond acceptors (Lipinski definition) is 10. The fourth-order valence-corrected chi connectivity index (χ4v) is 3.20. The molecule has 1 aromatic heterocycles. The first-order chi connectivity index (χ1) is 14.3. The molecule has 160 valence electrons. The zero-order valence-electron chi connectivity index (χ0n) is 17.5. The first-order valence-electron chi connectivity index (χ1n) is 8.36. The van der Waals surface area contributed by atoms with Crippen LogP contribution in [0.5, 0.6) is 28.7 Å². The molecule has 1 N–H and O–H groups in total. The molecular weight excluding hydrogens is 441 g/mol. The van der Waals surface area contributed by atoms with Crippen LogP contribution in [0.4, 0.5) is 0 Å². The van der Waals surface area contributed by atoms with Gasteiger partial charge in [0.25, 0.3) is 10.4 Å². The maximum Gasteiger partial charge on any atom is 1.00 e. The van der Waals surface area contributed by atoms with Crippen molar-refractivity contribution >= 4 is 10.4 Å². The van der Waals surface area contributed by atoms with Crippen LogP contribution >= 0.6 is 0 Å². The van der Waals surface area contributed by atoms with Crippen LogP contribution in [-0.4, -0.2) is 56.8 Å². The molecule has 0 aliphatic carbocycles. The number of hydrogen-bond donors (Lipinski definition) is 1. The predicted molar refractivity (Wildman–Crippen MR) is 104 cm³/mol. The molecule has 0 atom stereocenters. The van der Waals surface area contributed by atoms with Crippen LogP contribution in [0.2, 0.25) is 0 Å². The van der Waals surface area contributed by atoms with Gasteiger partial charge < -0.3 is 27.7 Å². The molecule has 0 bridgehead atoms. The van der Waals surface area contributed by atoms with Gasteiger partial charge in [0.15, 0.2) is 23.0 Å². The van der Waals surface area contributed by atoms with E-state index in [1.165, 1.54) is 40.6 Å². The van der Waals surface area contributed by atoms with Crippen LogP contribution in [0.25, 0.3) is 22.5 Å². The summed E-state index contributed by atoms with van der Waals surface area (Å²) in [4.78, 5) is 0. The van der Waals surface area contributed by atoms with Crippen LogP contribution in [0.3, 0.4) is 0 Å². The summed E-state index contributed by atoms with van der Waals surface area (Å²) < 4.78 is 58.7. The molecule has 0 fully saturated rings. The number of H-pyrrole nitrogens is 1. The van der Waals surface area contributed by atoms with E-state index >= 15 is 0 Å². The van der Waals surface area contributed by atoms with E-state index in [0.29, 0.717) is 39.8 Å². The minimum Gasteiger partial charge on any atom is -0.716 e. The summed E-state index contributed by atoms with van der Waals surface area (Å²) in [6, 6.07) is 7.75. The molecule has 1 heterocycles. The number of benzene rings is 2. The van der Waals surface area contributed by atoms with E-state index in [1.54, 1.807) is 18.2 Å². The van der Waals surface area contributed by atoms with Crippen LogP contribution < -0.4 is 52.7 Å². The second-order valence-electron chi connectivity index (χ2n) is 5.79. The molecule has 0 saturated carbocycles. The Morgan fingerprint density at radius 2 is 1.29 bits per heavy atom. The van der Waals surface area contributed by atoms with Crippen molar-refractivity contribution in [2.24, 2.45) is 0 Å². The van der Waals surface area contributed by atoms with E-state index in [-0.39, 0.29) is 41.1 Å². The van der Waals surface area contributed by atoms with Crippen molar-refractivity contribution in [3.63, 3.8) is 0 Å². The van der Waals surface area contributed by atoms with Gasteiger partial charge >= 0.3 is 29.6 Å². The largest absolute Gasteiger partial charge is 1.00 e. The standard InChI is InChI=1S/C18H19N3O8S.Na/c1-25-12-6-5-10(7-13(12)29-30(22,23)24)16-17(20-21-19-16)11-8-14(26-2)18(28-4)15(9-11)27-3;/h5-9H,1-4H3,(H,19,20,21)(H,22,23,24);/q;+1/p-1. The van der Waals surface area contributed by atoms with E-state index in [4.69, 9.17) is 18.9 Å². The zero-order chi connectivity index (χ0) is 21.9. The summed E-state index contributed by atoms with van der Waals surface area (Å²) >= 11 is 0. The number of aromatic amines is 1. The maximum atomic E-state index is 11.0. The van der Waals surface area contributed by atoms with E-state index in [1.807, 2.05) is 0 Å². The van der Waals surface area contributed by atoms with Gasteiger partial charge in [-0.05, 0) is 30.3 Å². The second-order valence-corrected chi connectivity index (χ2v) is 6.78. The van der Waals surface area contributed by atoms with Gasteiger partial charge in [0.1, 0.15) is 11.4 Å². The number of ether oxygens (including phenoxy) is 4. The molecular formula is C18H18N3NaO8S. The quantitative estimate of drug-likeness (QED) is 0.253. The summed E-state index contributed by atoms with van der Waals surface area (Å²) in [6.07, 6.45) is 0. The Morgan fingerprint density at radius 1 is 0.774 bits per heavy atom. The van der Waals surface area contributed by atoms with Gasteiger partial charge in [0, 0.05) is 11.1 Å². The molecule has 0 aliphatic rings. The molecule has 0 spiro atoms. The Morgan fingerprint density at radius 3 is 1.77 bits per heavy atom. The Kier molecular flexibility index (Phi) is 8.14. The predicted octanol–water partition coefficient (Wildman–Crippen LogP) is -0.984. The summed E-state index contributed by atoms with van der Waals surface area (Å²) in [5, 5.41) is 10.8. The molecule has 3 aromatic rings. The van der Waals surface area contributed by atoms with Crippen LogP contribution in [-0.2, 0) is 10.4 Å². The number of nitrogens with zero attached hydrogens (tertiary/aromatic N) is 2. The molecule has 31 heavy (non-hydrogen) atoms. The van der Waals surface area contributed by atoms with Gasteiger partial charge in [-0.3, -0.25) is 0 Å². The van der Waals surface area contributed by atoms with Gasteiger partial charge in [-0.2, -0.15) is 15.4 Å². The van der Waals surface area contributed by atoms with E-state index in [2.05, 4.69) is 19.6 Å². The third kappa shape index (κ3) is 5.40. The third-order valence-corrected chi connectivity index (χ3v) is 4.50. The number of nitrogens with one attached hydrogen (secondary N) is 1. The first kappa shape index (κ1) is 24.8. The van der Waals surface area contributed by atoms with Crippen LogP contribution in [0.15, 0.2) is 30.3 Å². The molecule has 0 amide bonds. The van der Waals surface area contributed by atoms with Crippen molar-refractivity contribution in [1.29, 1.82) is 0 Å². The number of methoxy groups -OCH3 is 4. The fourth-order valence-electron chi connectivity index (χ4n) is 2.85. The van der Waals surface area contributed by atoms with Gasteiger partial charge in [-0.1, -0.05) is 0 Å². The SMILES string of the molecule is COc1ccc(-c2n[nH]nc2-c2cc(OC)c(OC)c(OC)c2)cc1OS(=O)(=O)[O-].[Na+]. The topological polar surface area (TPSA) is 145 Å². The Balaban J connectivity index is 0.00000341. The average molecular weight is 459 g/mol. The second kappa shape index (κ2) is 10.2. The van der Waals surface area contributed by atoms with Crippen molar-refractivity contribution in [2.75, 3.05) is 28.4 Å². The molecule has 3 rings (SSSR count). The molecule has 0 radical (unpaired) electrons. The maximum absolute atomic E-state index is 11.0. The van der Waals surface area contributed by atoms with E-state index in [9.17, 15) is 13.0 Å². The third-order valence-electron chi connectivity index (χ3n) is 4.11. The van der Waals surface area contributed by atoms with Crippen molar-refractivity contribution < 1.29 is 65.7 Å². The molecule has 0 aliphatic heterocycles. The van der Waals surface area contributed by atoms with Gasteiger partial charge in [-0.25, -0.2) is 8.42 Å². The van der Waals surface area contributed by atoms with Crippen LogP contribution in [0.1, 0.15) is 0 Å². The number of aromatic nitrogens is 3. The minimum absolute atomic E-state index is 0. The molecule has 2 aromatic carbocycles. The van der Waals surface area contributed by atoms with Crippen LogP contribution in [0, 0.1) is 0 Å². The fraction of sp³-hybridized carbons (Fsp3) is 0.222. The van der Waals surface area contributed by atoms with Gasteiger partial charge in [0.05, 0.1) is 28.4 Å². The molecule has 0 unspecified atom stereocenters. The van der Waals surface area contributed by atoms with E-state index < -0.39 is 10.4 Å². The average Bonchev–Trinajstić information content (AvgIpc) is 3.21. The van der Waals surface area contributed by atoms with Gasteiger partial charge in [-0.15, -0.1) is 0 Å². The molecule has 11 nitrogen and oxygen atoms in total. The summed E-state index contributed by atoms with van der Waals surface area (Å²) in [5.74, 6) is 1.03. The monoisotopic (exact) mass is 459 g/mol. The first-order valence-corrected chi connectivity index (χ1v) is 9.69.